The largest absolute Gasteiger partial charge is 0.352 e. The van der Waals surface area contributed by atoms with Crippen LogP contribution in [0.5, 0.6) is 0 Å². The molecule has 0 atom stereocenters. The highest BCUT2D eigenvalue weighted by atomic mass is 35.5. The van der Waals surface area contributed by atoms with Crippen molar-refractivity contribution in [2.24, 2.45) is 0 Å². The van der Waals surface area contributed by atoms with Gasteiger partial charge >= 0.3 is 0 Å². The minimum Gasteiger partial charge on any atom is -0.352 e. The molecule has 7 heteroatoms. The number of halogens is 2. The number of nitrogens with zero attached hydrogens (tertiary/aromatic N) is 2. The molecule has 0 bridgehead atoms. The highest BCUT2D eigenvalue weighted by molar-refractivity contribution is 7.14. The fraction of sp³-hybridized carbons (Fsp3) is 0.125. The number of hydrogen-bond acceptors (Lipinski definition) is 3. The van der Waals surface area contributed by atoms with E-state index in [2.05, 4.69) is 10.3 Å². The third-order valence-electron chi connectivity index (χ3n) is 3.18. The van der Waals surface area contributed by atoms with Crippen molar-refractivity contribution < 1.29 is 4.79 Å². The number of benzene rings is 1. The lowest BCUT2D eigenvalue weighted by Crippen LogP contribution is -2.24. The smallest absolute Gasteiger partial charge is 0.225 e. The van der Waals surface area contributed by atoms with Crippen LogP contribution >= 0.6 is 34.5 Å². The van der Waals surface area contributed by atoms with Gasteiger partial charge in [-0.3, -0.25) is 4.79 Å². The molecule has 0 aliphatic heterocycles. The lowest BCUT2D eigenvalue weighted by Gasteiger charge is -2.05. The number of aromatic nitrogens is 2. The summed E-state index contributed by atoms with van der Waals surface area (Å²) in [4.78, 5) is 17.3. The van der Waals surface area contributed by atoms with E-state index in [0.29, 0.717) is 23.0 Å². The Hall–Kier alpha value is -1.82. The summed E-state index contributed by atoms with van der Waals surface area (Å²) in [6, 6.07) is 9.18. The molecule has 3 rings (SSSR count). The van der Waals surface area contributed by atoms with E-state index in [0.717, 1.165) is 15.6 Å². The Kier molecular flexibility index (Phi) is 5.00. The first-order valence-corrected chi connectivity index (χ1v) is 8.48. The van der Waals surface area contributed by atoms with E-state index >= 15 is 0 Å². The highest BCUT2D eigenvalue weighted by Crippen LogP contribution is 2.22. The maximum atomic E-state index is 12.0. The quantitative estimate of drug-likeness (QED) is 0.739. The van der Waals surface area contributed by atoms with Crippen molar-refractivity contribution >= 4 is 40.4 Å². The monoisotopic (exact) mass is 365 g/mol. The molecule has 1 aromatic carbocycles. The second-order valence-corrected chi connectivity index (χ2v) is 6.81. The Bertz CT molecular complexity index is 815. The zero-order valence-electron chi connectivity index (χ0n) is 12.0. The summed E-state index contributed by atoms with van der Waals surface area (Å²) in [5, 5.41) is 4.71. The van der Waals surface area contributed by atoms with Crippen LogP contribution in [0, 0.1) is 0 Å². The summed E-state index contributed by atoms with van der Waals surface area (Å²) in [6.07, 6.45) is 5.89. The predicted molar refractivity (Wildman–Crippen MR) is 93.5 cm³/mol. The molecule has 0 unspecified atom stereocenters. The fourth-order valence-electron chi connectivity index (χ4n) is 2.03. The van der Waals surface area contributed by atoms with Gasteiger partial charge in [0.25, 0.3) is 0 Å². The zero-order chi connectivity index (χ0) is 16.2. The summed E-state index contributed by atoms with van der Waals surface area (Å²) in [5.74, 6) is -0.0567. The third kappa shape index (κ3) is 4.13. The van der Waals surface area contributed by atoms with E-state index in [1.165, 1.54) is 11.3 Å². The molecule has 23 heavy (non-hydrogen) atoms. The second kappa shape index (κ2) is 7.17. The molecule has 0 aliphatic rings. The number of amides is 1. The Labute approximate surface area is 147 Å². The summed E-state index contributed by atoms with van der Waals surface area (Å²) < 4.78 is 1.92. The van der Waals surface area contributed by atoms with Crippen LogP contribution in [-0.2, 0) is 17.8 Å². The standard InChI is InChI=1S/C16H13Cl2N3OS/c17-13-4-3-11(7-14(13)18)9-19-15(22)8-12-10-20-16(23-12)21-5-1-2-6-21/h1-7,10H,8-9H2,(H,19,22). The minimum absolute atomic E-state index is 0.0567. The number of hydrogen-bond donors (Lipinski definition) is 1. The van der Waals surface area contributed by atoms with Gasteiger partial charge in [-0.05, 0) is 29.8 Å². The molecule has 1 amide bonds. The average molecular weight is 366 g/mol. The predicted octanol–water partition coefficient (Wildman–Crippen LogP) is 4.10. The number of thiazole rings is 1. The Morgan fingerprint density at radius 1 is 1.22 bits per heavy atom. The van der Waals surface area contributed by atoms with Crippen LogP contribution in [0.3, 0.4) is 0 Å². The van der Waals surface area contributed by atoms with Crippen molar-refractivity contribution in [2.75, 3.05) is 0 Å². The molecular formula is C16H13Cl2N3OS. The van der Waals surface area contributed by atoms with E-state index in [1.807, 2.05) is 35.2 Å². The van der Waals surface area contributed by atoms with Gasteiger partial charge < -0.3 is 9.88 Å². The van der Waals surface area contributed by atoms with E-state index < -0.39 is 0 Å². The van der Waals surface area contributed by atoms with E-state index in [9.17, 15) is 4.79 Å². The lowest BCUT2D eigenvalue weighted by molar-refractivity contribution is -0.120. The van der Waals surface area contributed by atoms with Gasteiger partial charge in [-0.1, -0.05) is 29.3 Å². The van der Waals surface area contributed by atoms with Gasteiger partial charge in [0, 0.05) is 30.0 Å². The van der Waals surface area contributed by atoms with Gasteiger partial charge in [0.1, 0.15) is 0 Å². The molecule has 0 spiro atoms. The van der Waals surface area contributed by atoms with Crippen molar-refractivity contribution in [3.05, 3.63) is 69.4 Å². The SMILES string of the molecule is O=C(Cc1cnc(-n2cccc2)s1)NCc1ccc(Cl)c(Cl)c1. The molecule has 0 saturated heterocycles. The van der Waals surface area contributed by atoms with Gasteiger partial charge in [0.05, 0.1) is 16.5 Å². The van der Waals surface area contributed by atoms with Gasteiger partial charge in [0.2, 0.25) is 5.91 Å². The first-order valence-electron chi connectivity index (χ1n) is 6.90. The lowest BCUT2D eigenvalue weighted by atomic mass is 10.2. The molecule has 2 heterocycles. The number of nitrogens with one attached hydrogen (secondary N) is 1. The van der Waals surface area contributed by atoms with Crippen LogP contribution in [0.15, 0.2) is 48.9 Å². The molecule has 2 aromatic heterocycles. The first kappa shape index (κ1) is 16.1. The summed E-state index contributed by atoms with van der Waals surface area (Å²) in [5.41, 5.74) is 0.907. The second-order valence-electron chi connectivity index (χ2n) is 4.90. The van der Waals surface area contributed by atoms with Gasteiger partial charge in [0.15, 0.2) is 5.13 Å². The van der Waals surface area contributed by atoms with Crippen LogP contribution in [0.4, 0.5) is 0 Å². The maximum absolute atomic E-state index is 12.0. The molecule has 0 fully saturated rings. The van der Waals surface area contributed by atoms with Crippen molar-refractivity contribution in [1.82, 2.24) is 14.9 Å². The molecule has 3 aromatic rings. The molecule has 118 valence electrons. The molecule has 0 aliphatic carbocycles. The summed E-state index contributed by atoms with van der Waals surface area (Å²) in [7, 11) is 0. The zero-order valence-corrected chi connectivity index (χ0v) is 14.3. The van der Waals surface area contributed by atoms with E-state index in [1.54, 1.807) is 18.3 Å². The van der Waals surface area contributed by atoms with Crippen molar-refractivity contribution in [2.45, 2.75) is 13.0 Å². The highest BCUT2D eigenvalue weighted by Gasteiger charge is 2.09. The molecule has 1 N–H and O–H groups in total. The average Bonchev–Trinajstić information content (AvgIpc) is 3.19. The van der Waals surface area contributed by atoms with Gasteiger partial charge in [-0.2, -0.15) is 0 Å². The van der Waals surface area contributed by atoms with Crippen LogP contribution in [0.2, 0.25) is 10.0 Å². The number of rotatable bonds is 5. The Morgan fingerprint density at radius 2 is 2.00 bits per heavy atom. The van der Waals surface area contributed by atoms with Gasteiger partial charge in [-0.15, -0.1) is 11.3 Å². The minimum atomic E-state index is -0.0567. The van der Waals surface area contributed by atoms with Crippen LogP contribution in [0.1, 0.15) is 10.4 Å². The van der Waals surface area contributed by atoms with Crippen LogP contribution in [-0.4, -0.2) is 15.5 Å². The Morgan fingerprint density at radius 3 is 2.74 bits per heavy atom. The van der Waals surface area contributed by atoms with Crippen molar-refractivity contribution in [1.29, 1.82) is 0 Å². The number of carbonyl (C=O) groups excluding carboxylic acids is 1. The van der Waals surface area contributed by atoms with Crippen molar-refractivity contribution in [3.8, 4) is 5.13 Å². The van der Waals surface area contributed by atoms with Crippen LogP contribution in [0.25, 0.3) is 5.13 Å². The first-order chi connectivity index (χ1) is 11.1. The fourth-order valence-corrected chi connectivity index (χ4v) is 3.23. The van der Waals surface area contributed by atoms with Crippen LogP contribution < -0.4 is 5.32 Å². The van der Waals surface area contributed by atoms with E-state index in [4.69, 9.17) is 23.2 Å². The normalized spacial score (nSPS) is 10.7. The van der Waals surface area contributed by atoms with Gasteiger partial charge in [-0.25, -0.2) is 4.98 Å². The topological polar surface area (TPSA) is 46.9 Å². The summed E-state index contributed by atoms with van der Waals surface area (Å²) in [6.45, 7) is 0.416. The van der Waals surface area contributed by atoms with E-state index in [-0.39, 0.29) is 5.91 Å². The Balaban J connectivity index is 1.56. The maximum Gasteiger partial charge on any atom is 0.225 e. The molecule has 0 radical (unpaired) electrons. The summed E-state index contributed by atoms with van der Waals surface area (Å²) >= 11 is 13.3. The molecular weight excluding hydrogens is 353 g/mol. The number of carbonyl (C=O) groups is 1. The third-order valence-corrected chi connectivity index (χ3v) is 4.92. The van der Waals surface area contributed by atoms with Crippen molar-refractivity contribution in [3.63, 3.8) is 0 Å². The molecule has 0 saturated carbocycles. The molecule has 4 nitrogen and oxygen atoms in total.